The lowest BCUT2D eigenvalue weighted by Gasteiger charge is -2.31. The molecule has 0 aliphatic carbocycles. The van der Waals surface area contributed by atoms with Gasteiger partial charge in [0.15, 0.2) is 5.25 Å². The SMILES string of the molecule is CC(C)(C)C(C(=O)c1ccc(NS(=O)(=O)C(F)(F)C(F)(F)C(F)(F)S(=O)(=O)O)cc1)[S+]1CCOCC1. The first-order valence-electron chi connectivity index (χ1n) is 10.1. The fourth-order valence-corrected chi connectivity index (χ4v) is 7.72. The van der Waals surface area contributed by atoms with Crippen LogP contribution in [0.15, 0.2) is 24.3 Å². The highest BCUT2D eigenvalue weighted by atomic mass is 32.2. The van der Waals surface area contributed by atoms with Crippen molar-refractivity contribution < 1.29 is 57.3 Å². The molecular formula is C19H24F6NO7S3+. The van der Waals surface area contributed by atoms with Gasteiger partial charge in [0.05, 0.1) is 13.2 Å². The molecule has 1 saturated heterocycles. The first kappa shape index (κ1) is 30.7. The molecule has 17 heteroatoms. The average Bonchev–Trinajstić information content (AvgIpc) is 2.72. The molecule has 0 saturated carbocycles. The number of hydrogen-bond acceptors (Lipinski definition) is 6. The Morgan fingerprint density at radius 1 is 0.944 bits per heavy atom. The molecule has 1 heterocycles. The van der Waals surface area contributed by atoms with Gasteiger partial charge in [0, 0.05) is 27.6 Å². The van der Waals surface area contributed by atoms with Gasteiger partial charge in [-0.1, -0.05) is 20.8 Å². The topological polar surface area (TPSA) is 127 Å². The molecule has 1 aliphatic heterocycles. The van der Waals surface area contributed by atoms with Gasteiger partial charge in [0.25, 0.3) is 0 Å². The fourth-order valence-electron chi connectivity index (χ4n) is 3.39. The van der Waals surface area contributed by atoms with E-state index in [1.807, 2.05) is 20.8 Å². The molecule has 206 valence electrons. The molecular weight excluding hydrogens is 564 g/mol. The van der Waals surface area contributed by atoms with Crippen LogP contribution in [0.1, 0.15) is 31.1 Å². The molecule has 1 atom stereocenters. The van der Waals surface area contributed by atoms with E-state index in [9.17, 15) is 48.0 Å². The Labute approximate surface area is 206 Å². The minimum atomic E-state index is -7.12. The maximum absolute atomic E-state index is 14.0. The molecule has 0 radical (unpaired) electrons. The molecule has 8 nitrogen and oxygen atoms in total. The Morgan fingerprint density at radius 2 is 1.42 bits per heavy atom. The number of sulfonamides is 1. The summed E-state index contributed by atoms with van der Waals surface area (Å²) in [6, 6.07) is 3.66. The number of ketones is 1. The first-order chi connectivity index (χ1) is 16.1. The highest BCUT2D eigenvalue weighted by molar-refractivity contribution is 7.98. The lowest BCUT2D eigenvalue weighted by molar-refractivity contribution is -0.245. The summed E-state index contributed by atoms with van der Waals surface area (Å²) in [6.45, 7) is 6.50. The smallest absolute Gasteiger partial charge is 0.372 e. The van der Waals surface area contributed by atoms with E-state index in [2.05, 4.69) is 0 Å². The highest BCUT2D eigenvalue weighted by Gasteiger charge is 2.82. The Hall–Kier alpha value is -1.56. The van der Waals surface area contributed by atoms with Crippen molar-refractivity contribution >= 4 is 42.5 Å². The third-order valence-electron chi connectivity index (χ3n) is 5.15. The number of alkyl halides is 6. The second kappa shape index (κ2) is 9.96. The molecule has 1 fully saturated rings. The van der Waals surface area contributed by atoms with Crippen molar-refractivity contribution in [2.75, 3.05) is 29.4 Å². The number of anilines is 1. The molecule has 1 aromatic rings. The van der Waals surface area contributed by atoms with E-state index < -0.39 is 52.9 Å². The maximum Gasteiger partial charge on any atom is 0.439 e. The van der Waals surface area contributed by atoms with Crippen LogP contribution in [-0.4, -0.2) is 73.6 Å². The van der Waals surface area contributed by atoms with E-state index >= 15 is 0 Å². The molecule has 1 unspecified atom stereocenters. The summed E-state index contributed by atoms with van der Waals surface area (Å²) in [5.74, 6) is -6.10. The van der Waals surface area contributed by atoms with E-state index in [1.165, 1.54) is 0 Å². The van der Waals surface area contributed by atoms with Gasteiger partial charge in [-0.15, -0.1) is 0 Å². The van der Waals surface area contributed by atoms with Gasteiger partial charge in [0.1, 0.15) is 11.5 Å². The van der Waals surface area contributed by atoms with Gasteiger partial charge in [0.2, 0.25) is 5.78 Å². The second-order valence-corrected chi connectivity index (χ2v) is 14.5. The highest BCUT2D eigenvalue weighted by Crippen LogP contribution is 2.50. The molecule has 0 bridgehead atoms. The number of carbonyl (C=O) groups is 1. The molecule has 2 N–H and O–H groups in total. The van der Waals surface area contributed by atoms with E-state index in [1.54, 1.807) is 0 Å². The van der Waals surface area contributed by atoms with Crippen molar-refractivity contribution in [3.05, 3.63) is 29.8 Å². The molecule has 2 rings (SSSR count). The fraction of sp³-hybridized carbons (Fsp3) is 0.632. The van der Waals surface area contributed by atoms with Crippen LogP contribution in [-0.2, 0) is 35.8 Å². The Bertz CT molecular complexity index is 1180. The monoisotopic (exact) mass is 588 g/mol. The summed E-state index contributed by atoms with van der Waals surface area (Å²) in [7, 11) is -14.2. The van der Waals surface area contributed by atoms with Gasteiger partial charge < -0.3 is 4.74 Å². The Kier molecular flexibility index (Phi) is 8.48. The second-order valence-electron chi connectivity index (χ2n) is 8.93. The van der Waals surface area contributed by atoms with E-state index in [0.29, 0.717) is 24.7 Å². The van der Waals surface area contributed by atoms with Gasteiger partial charge in [-0.3, -0.25) is 14.1 Å². The quantitative estimate of drug-likeness (QED) is 0.196. The number of benzene rings is 1. The van der Waals surface area contributed by atoms with E-state index in [4.69, 9.17) is 9.29 Å². The van der Waals surface area contributed by atoms with Crippen LogP contribution in [0.5, 0.6) is 0 Å². The van der Waals surface area contributed by atoms with Gasteiger partial charge >= 0.3 is 36.6 Å². The van der Waals surface area contributed by atoms with Crippen molar-refractivity contribution in [1.82, 2.24) is 0 Å². The predicted molar refractivity (Wildman–Crippen MR) is 121 cm³/mol. The molecule has 0 amide bonds. The maximum atomic E-state index is 14.0. The average molecular weight is 589 g/mol. The lowest BCUT2D eigenvalue weighted by atomic mass is 9.87. The molecule has 1 aliphatic rings. The normalized spacial score (nSPS) is 18.1. The van der Waals surface area contributed by atoms with Crippen molar-refractivity contribution in [2.24, 2.45) is 5.41 Å². The zero-order valence-electron chi connectivity index (χ0n) is 19.1. The predicted octanol–water partition coefficient (Wildman–Crippen LogP) is 3.38. The summed E-state index contributed by atoms with van der Waals surface area (Å²) in [5.41, 5.74) is -1.21. The van der Waals surface area contributed by atoms with Gasteiger partial charge in [-0.05, 0) is 24.3 Å². The van der Waals surface area contributed by atoms with Crippen LogP contribution in [0, 0.1) is 5.41 Å². The lowest BCUT2D eigenvalue weighted by Crippen LogP contribution is -2.61. The van der Waals surface area contributed by atoms with Crippen LogP contribution >= 0.6 is 0 Å². The number of ether oxygens (including phenoxy) is 1. The number of carbonyl (C=O) groups excluding carboxylic acids is 1. The van der Waals surface area contributed by atoms with Crippen molar-refractivity contribution in [3.8, 4) is 0 Å². The van der Waals surface area contributed by atoms with Crippen molar-refractivity contribution in [3.63, 3.8) is 0 Å². The molecule has 36 heavy (non-hydrogen) atoms. The van der Waals surface area contributed by atoms with Gasteiger partial charge in [-0.25, -0.2) is 0 Å². The van der Waals surface area contributed by atoms with Crippen LogP contribution in [0.3, 0.4) is 0 Å². The van der Waals surface area contributed by atoms with Crippen LogP contribution < -0.4 is 4.72 Å². The summed E-state index contributed by atoms with van der Waals surface area (Å²) in [5, 5.41) is -14.0. The summed E-state index contributed by atoms with van der Waals surface area (Å²) in [4.78, 5) is 13.2. The minimum Gasteiger partial charge on any atom is -0.372 e. The van der Waals surface area contributed by atoms with Crippen molar-refractivity contribution in [1.29, 1.82) is 0 Å². The molecule has 0 aromatic heterocycles. The standard InChI is InChI=1S/C19H23F6NO7S3/c1-16(2,3)15(34-10-8-33-9-11-34)14(27)12-4-6-13(7-5-12)26-35(28,29)18(22,23)17(20,21)19(24,25)36(30,31)32/h4-7,15H,8-11H2,1-3H3,(H-,26,27,30,31,32)/p+1. The van der Waals surface area contributed by atoms with Crippen LogP contribution in [0.25, 0.3) is 0 Å². The number of nitrogens with one attached hydrogen (secondary N) is 1. The third-order valence-corrected chi connectivity index (χ3v) is 10.5. The van der Waals surface area contributed by atoms with E-state index in [-0.39, 0.29) is 22.2 Å². The number of rotatable bonds is 9. The van der Waals surface area contributed by atoms with Crippen LogP contribution in [0.4, 0.5) is 32.0 Å². The first-order valence-corrected chi connectivity index (χ1v) is 14.6. The summed E-state index contributed by atoms with van der Waals surface area (Å²) >= 11 is 0. The number of Topliss-reactive ketones (excluding diaryl/α,β-unsaturated/α-hetero) is 1. The van der Waals surface area contributed by atoms with Crippen molar-refractivity contribution in [2.45, 2.75) is 42.5 Å². The molecule has 0 spiro atoms. The van der Waals surface area contributed by atoms with Crippen LogP contribution in [0.2, 0.25) is 0 Å². The van der Waals surface area contributed by atoms with Gasteiger partial charge in [-0.2, -0.15) is 43.2 Å². The Balaban J connectivity index is 2.33. The number of hydrogen-bond donors (Lipinski definition) is 2. The largest absolute Gasteiger partial charge is 0.439 e. The summed E-state index contributed by atoms with van der Waals surface area (Å²) in [6.07, 6.45) is 0. The molecule has 1 aromatic carbocycles. The number of halogens is 6. The third kappa shape index (κ3) is 5.63. The Morgan fingerprint density at radius 3 is 1.83 bits per heavy atom. The minimum absolute atomic E-state index is 0.0619. The zero-order valence-corrected chi connectivity index (χ0v) is 21.6. The summed E-state index contributed by atoms with van der Waals surface area (Å²) < 4.78 is 141. The zero-order chi connectivity index (χ0) is 28.0. The van der Waals surface area contributed by atoms with E-state index in [0.717, 1.165) is 29.0 Å².